The molecule has 0 aromatic heterocycles. The number of carbonyl (C=O) groups excluding carboxylic acids is 2. The molecule has 0 aliphatic heterocycles. The van der Waals surface area contributed by atoms with Crippen molar-refractivity contribution in [1.29, 1.82) is 0 Å². The monoisotopic (exact) mass is 352 g/mol. The highest BCUT2D eigenvalue weighted by Gasteiger charge is 2.48. The second kappa shape index (κ2) is 7.12. The molecule has 0 amide bonds. The molecule has 0 fully saturated rings. The summed E-state index contributed by atoms with van der Waals surface area (Å²) in [5, 5.41) is 0.0694. The van der Waals surface area contributed by atoms with Crippen LogP contribution >= 0.6 is 0 Å². The van der Waals surface area contributed by atoms with E-state index in [9.17, 15) is 9.59 Å². The van der Waals surface area contributed by atoms with E-state index >= 15 is 0 Å². The quantitative estimate of drug-likeness (QED) is 0.556. The maximum absolute atomic E-state index is 13.0. The van der Waals surface area contributed by atoms with Crippen LogP contribution in [-0.2, 0) is 18.8 Å². The summed E-state index contributed by atoms with van der Waals surface area (Å²) in [6, 6.07) is 0. The lowest BCUT2D eigenvalue weighted by Crippen LogP contribution is -2.46. The molecule has 2 aliphatic rings. The van der Waals surface area contributed by atoms with E-state index in [2.05, 4.69) is 33.9 Å². The second-order valence-corrected chi connectivity index (χ2v) is 13.4. The lowest BCUT2D eigenvalue weighted by Gasteiger charge is -2.40. The van der Waals surface area contributed by atoms with E-state index < -0.39 is 14.2 Å². The van der Waals surface area contributed by atoms with Crippen LogP contribution in [0.1, 0.15) is 59.3 Å². The maximum atomic E-state index is 13.0. The first kappa shape index (κ1) is 19.4. The van der Waals surface area contributed by atoms with Gasteiger partial charge in [0.2, 0.25) is 0 Å². The Morgan fingerprint density at radius 2 is 1.79 bits per heavy atom. The Morgan fingerprint density at radius 3 is 2.38 bits per heavy atom. The van der Waals surface area contributed by atoms with E-state index in [1.54, 1.807) is 0 Å². The van der Waals surface area contributed by atoms with Crippen LogP contribution < -0.4 is 0 Å². The first-order chi connectivity index (χ1) is 11.1. The molecule has 0 radical (unpaired) electrons. The average Bonchev–Trinajstić information content (AvgIpc) is 2.68. The molecule has 0 aromatic rings. The fourth-order valence-electron chi connectivity index (χ4n) is 3.42. The Morgan fingerprint density at radius 1 is 1.17 bits per heavy atom. The van der Waals surface area contributed by atoms with Crippen molar-refractivity contribution >= 4 is 20.1 Å². The molecule has 0 saturated carbocycles. The number of carbonyl (C=O) groups is 2. The van der Waals surface area contributed by atoms with Crippen molar-refractivity contribution in [1.82, 2.24) is 0 Å². The Balaban J connectivity index is 2.34. The van der Waals surface area contributed by atoms with Gasteiger partial charge in [-0.2, -0.15) is 0 Å². The van der Waals surface area contributed by atoms with E-state index in [1.165, 1.54) is 12.7 Å². The summed E-state index contributed by atoms with van der Waals surface area (Å²) < 4.78 is 11.5. The smallest absolute Gasteiger partial charge is 0.306 e. The zero-order valence-corrected chi connectivity index (χ0v) is 17.0. The van der Waals surface area contributed by atoms with E-state index in [0.29, 0.717) is 0 Å². The minimum absolute atomic E-state index is 0.0694. The SMILES string of the molecule is COC(=O)C[C@H]1C(=O)C2=C(CCCCC2)[C@H]1O[Si](C)(C)C(C)(C)C. The normalized spacial score (nSPS) is 25.5. The summed E-state index contributed by atoms with van der Waals surface area (Å²) in [5.41, 5.74) is 2.13. The second-order valence-electron chi connectivity index (χ2n) is 8.61. The fourth-order valence-corrected chi connectivity index (χ4v) is 4.71. The number of ketones is 1. The Kier molecular flexibility index (Phi) is 5.75. The van der Waals surface area contributed by atoms with Crippen molar-refractivity contribution in [3.63, 3.8) is 0 Å². The van der Waals surface area contributed by atoms with Gasteiger partial charge in [0.1, 0.15) is 0 Å². The van der Waals surface area contributed by atoms with Gasteiger partial charge in [-0.15, -0.1) is 0 Å². The molecule has 0 aromatic carbocycles. The van der Waals surface area contributed by atoms with Gasteiger partial charge in [-0.3, -0.25) is 9.59 Å². The molecule has 24 heavy (non-hydrogen) atoms. The van der Waals surface area contributed by atoms with Gasteiger partial charge in [0, 0.05) is 0 Å². The number of Topliss-reactive ketones (excluding diaryl/α,β-unsaturated/α-hetero) is 1. The molecular weight excluding hydrogens is 320 g/mol. The molecule has 0 unspecified atom stereocenters. The lowest BCUT2D eigenvalue weighted by atomic mass is 9.94. The topological polar surface area (TPSA) is 52.6 Å². The van der Waals surface area contributed by atoms with Crippen LogP contribution in [0.25, 0.3) is 0 Å². The first-order valence-corrected chi connectivity index (χ1v) is 12.0. The summed E-state index contributed by atoms with van der Waals surface area (Å²) in [7, 11) is -0.655. The molecule has 5 heteroatoms. The van der Waals surface area contributed by atoms with Gasteiger partial charge >= 0.3 is 5.97 Å². The van der Waals surface area contributed by atoms with Crippen molar-refractivity contribution in [2.45, 2.75) is 83.5 Å². The molecule has 0 heterocycles. The Hall–Kier alpha value is -0.943. The molecule has 2 aliphatic carbocycles. The summed E-state index contributed by atoms with van der Waals surface area (Å²) in [6.45, 7) is 11.0. The number of ether oxygens (including phenoxy) is 1. The zero-order valence-electron chi connectivity index (χ0n) is 16.0. The third-order valence-corrected chi connectivity index (χ3v) is 10.4. The number of hydrogen-bond donors (Lipinski definition) is 0. The standard InChI is InChI=1S/C19H32O4Si/c1-19(2,3)24(5,6)23-18-14-11-9-7-8-10-13(14)17(21)15(18)12-16(20)22-4/h15,18H,7-12H2,1-6H3/t15-,18+/m0/s1. The molecule has 4 nitrogen and oxygen atoms in total. The van der Waals surface area contributed by atoms with Crippen LogP contribution in [0.15, 0.2) is 11.1 Å². The molecule has 136 valence electrons. The molecule has 2 rings (SSSR count). The fraction of sp³-hybridized carbons (Fsp3) is 0.789. The summed E-state index contributed by atoms with van der Waals surface area (Å²) in [5.74, 6) is -0.592. The van der Waals surface area contributed by atoms with Gasteiger partial charge in [0.05, 0.1) is 25.6 Å². The number of methoxy groups -OCH3 is 1. The van der Waals surface area contributed by atoms with Crippen molar-refractivity contribution in [2.75, 3.05) is 7.11 Å². The highest BCUT2D eigenvalue weighted by molar-refractivity contribution is 6.74. The summed E-state index contributed by atoms with van der Waals surface area (Å²) >= 11 is 0. The Bertz CT molecular complexity index is 542. The minimum atomic E-state index is -2.03. The third kappa shape index (κ3) is 3.83. The Labute approximate surface area is 147 Å². The molecule has 0 saturated heterocycles. The number of esters is 1. The van der Waals surface area contributed by atoms with Crippen LogP contribution in [-0.4, -0.2) is 33.3 Å². The van der Waals surface area contributed by atoms with Gasteiger partial charge in [0.25, 0.3) is 0 Å². The molecule has 0 spiro atoms. The van der Waals surface area contributed by atoms with Crippen molar-refractivity contribution in [3.05, 3.63) is 11.1 Å². The minimum Gasteiger partial charge on any atom is -0.469 e. The van der Waals surface area contributed by atoms with E-state index in [1.807, 2.05) is 0 Å². The number of allylic oxidation sites excluding steroid dienone is 1. The molecule has 0 bridgehead atoms. The van der Waals surface area contributed by atoms with Gasteiger partial charge in [-0.05, 0) is 55.0 Å². The molecule has 2 atom stereocenters. The highest BCUT2D eigenvalue weighted by Crippen LogP contribution is 2.45. The number of rotatable bonds is 4. The van der Waals surface area contributed by atoms with Gasteiger partial charge in [0.15, 0.2) is 14.1 Å². The predicted molar refractivity (Wildman–Crippen MR) is 97.3 cm³/mol. The first-order valence-electron chi connectivity index (χ1n) is 9.09. The van der Waals surface area contributed by atoms with Gasteiger partial charge in [-0.1, -0.05) is 27.2 Å². The third-order valence-electron chi connectivity index (χ3n) is 5.95. The number of hydrogen-bond acceptors (Lipinski definition) is 4. The van der Waals surface area contributed by atoms with Gasteiger partial charge in [-0.25, -0.2) is 0 Å². The van der Waals surface area contributed by atoms with Crippen LogP contribution in [0.2, 0.25) is 18.1 Å². The van der Waals surface area contributed by atoms with Crippen LogP contribution in [0, 0.1) is 5.92 Å². The van der Waals surface area contributed by atoms with Gasteiger partial charge < -0.3 is 9.16 Å². The van der Waals surface area contributed by atoms with Crippen molar-refractivity contribution in [3.8, 4) is 0 Å². The lowest BCUT2D eigenvalue weighted by molar-refractivity contribution is -0.144. The van der Waals surface area contributed by atoms with E-state index in [-0.39, 0.29) is 29.3 Å². The van der Waals surface area contributed by atoms with Crippen LogP contribution in [0.3, 0.4) is 0 Å². The molecular formula is C19H32O4Si. The van der Waals surface area contributed by atoms with E-state index in [0.717, 1.165) is 37.7 Å². The largest absolute Gasteiger partial charge is 0.469 e. The summed E-state index contributed by atoms with van der Waals surface area (Å²) in [6.07, 6.45) is 4.99. The average molecular weight is 353 g/mol. The maximum Gasteiger partial charge on any atom is 0.306 e. The van der Waals surface area contributed by atoms with E-state index in [4.69, 9.17) is 9.16 Å². The zero-order chi connectivity index (χ0) is 18.1. The van der Waals surface area contributed by atoms with Crippen LogP contribution in [0.4, 0.5) is 0 Å². The predicted octanol–water partition coefficient (Wildman–Crippen LogP) is 4.40. The van der Waals surface area contributed by atoms with Crippen molar-refractivity contribution < 1.29 is 18.8 Å². The summed E-state index contributed by atoms with van der Waals surface area (Å²) in [4.78, 5) is 24.8. The van der Waals surface area contributed by atoms with Crippen LogP contribution in [0.5, 0.6) is 0 Å². The highest BCUT2D eigenvalue weighted by atomic mass is 28.4. The molecule has 0 N–H and O–H groups in total. The van der Waals surface area contributed by atoms with Crippen molar-refractivity contribution in [2.24, 2.45) is 5.92 Å².